The first-order valence-corrected chi connectivity index (χ1v) is 11.5. The van der Waals surface area contributed by atoms with Crippen molar-refractivity contribution in [2.45, 2.75) is 4.90 Å². The van der Waals surface area contributed by atoms with Crippen molar-refractivity contribution in [1.82, 2.24) is 14.1 Å². The largest absolute Gasteiger partial charge is 0.494 e. The number of fused-ring (bicyclic) bond motifs is 1. The Morgan fingerprint density at radius 2 is 1.77 bits per heavy atom. The Labute approximate surface area is 181 Å². The number of thiazole rings is 1. The smallest absolute Gasteiger partial charge is 0.263 e. The van der Waals surface area contributed by atoms with Crippen molar-refractivity contribution in [2.24, 2.45) is 0 Å². The fraction of sp³-hybridized carbons (Fsp3) is 0. The maximum absolute atomic E-state index is 12.5. The van der Waals surface area contributed by atoms with Gasteiger partial charge in [-0.05, 0) is 41.8 Å². The molecule has 0 amide bonds. The summed E-state index contributed by atoms with van der Waals surface area (Å²) < 4.78 is 30.5. The first-order valence-electron chi connectivity index (χ1n) is 9.17. The van der Waals surface area contributed by atoms with Crippen molar-refractivity contribution in [3.8, 4) is 23.1 Å². The molecule has 2 aromatic carbocycles. The normalized spacial score (nSPS) is 11.7. The van der Waals surface area contributed by atoms with Crippen molar-refractivity contribution in [1.29, 1.82) is 0 Å². The molecule has 0 aliphatic carbocycles. The highest BCUT2D eigenvalue weighted by Gasteiger charge is 2.20. The molecule has 0 aliphatic rings. The topological polar surface area (TPSA) is 109 Å². The van der Waals surface area contributed by atoms with Crippen LogP contribution >= 0.6 is 11.3 Å². The molecule has 5 aromatic rings. The van der Waals surface area contributed by atoms with Gasteiger partial charge >= 0.3 is 0 Å². The summed E-state index contributed by atoms with van der Waals surface area (Å²) in [4.78, 5) is 3.96. The van der Waals surface area contributed by atoms with Crippen LogP contribution in [0.1, 0.15) is 0 Å². The quantitative estimate of drug-likeness (QED) is 0.372. The summed E-state index contributed by atoms with van der Waals surface area (Å²) in [6, 6.07) is 16.9. The molecule has 0 saturated carbocycles. The number of nitrogens with one attached hydrogen (secondary N) is 1. The maximum Gasteiger partial charge on any atom is 0.263 e. The maximum atomic E-state index is 12.5. The van der Waals surface area contributed by atoms with Crippen LogP contribution in [0.15, 0.2) is 83.3 Å². The second kappa shape index (κ2) is 7.18. The number of para-hydroxylation sites is 1. The fourth-order valence-electron chi connectivity index (χ4n) is 3.42. The predicted molar refractivity (Wildman–Crippen MR) is 119 cm³/mol. The molecule has 10 heteroatoms. The van der Waals surface area contributed by atoms with Gasteiger partial charge < -0.3 is 14.8 Å². The van der Waals surface area contributed by atoms with Gasteiger partial charge in [-0.3, -0.25) is 4.72 Å². The number of sulfonamides is 1. The SMILES string of the molecule is O=S(=O)(Nc1nccs1)c1ccc(-n2c(O)cc(-n3ccc4ccccc43)c2O)cc1. The van der Waals surface area contributed by atoms with Crippen molar-refractivity contribution in [3.63, 3.8) is 0 Å². The van der Waals surface area contributed by atoms with Crippen LogP contribution in [0.5, 0.6) is 11.8 Å². The van der Waals surface area contributed by atoms with Crippen LogP contribution in [-0.4, -0.2) is 32.7 Å². The lowest BCUT2D eigenvalue weighted by Gasteiger charge is -2.10. The van der Waals surface area contributed by atoms with Crippen molar-refractivity contribution in [2.75, 3.05) is 4.72 Å². The Kier molecular flexibility index (Phi) is 4.45. The van der Waals surface area contributed by atoms with Crippen molar-refractivity contribution in [3.05, 3.63) is 78.4 Å². The predicted octanol–water partition coefficient (Wildman–Crippen LogP) is 4.09. The number of aromatic nitrogens is 3. The molecular formula is C21H16N4O4S2. The Hall–Kier alpha value is -3.76. The van der Waals surface area contributed by atoms with Crippen LogP contribution < -0.4 is 4.72 Å². The van der Waals surface area contributed by atoms with Crippen molar-refractivity contribution >= 4 is 37.4 Å². The van der Waals surface area contributed by atoms with E-state index in [1.54, 1.807) is 9.95 Å². The standard InChI is InChI=1S/C21H16N4O4S2/c26-19-13-18(24-11-9-14-3-1-2-4-17(14)24)20(27)25(19)15-5-7-16(8-6-15)31(28,29)23-21-22-10-12-30-21/h1-13,26-27H,(H,22,23). The van der Waals surface area contributed by atoms with E-state index >= 15 is 0 Å². The van der Waals surface area contributed by atoms with Gasteiger partial charge in [-0.15, -0.1) is 11.3 Å². The number of rotatable bonds is 5. The van der Waals surface area contributed by atoms with E-state index < -0.39 is 10.0 Å². The number of hydrogen-bond donors (Lipinski definition) is 3. The van der Waals surface area contributed by atoms with Gasteiger partial charge in [-0.1, -0.05) is 18.2 Å². The summed E-state index contributed by atoms with van der Waals surface area (Å²) in [6.07, 6.45) is 3.32. The number of aromatic hydroxyl groups is 2. The summed E-state index contributed by atoms with van der Waals surface area (Å²) in [5, 5.41) is 24.3. The molecule has 5 rings (SSSR count). The summed E-state index contributed by atoms with van der Waals surface area (Å²) in [5.74, 6) is -0.350. The zero-order valence-electron chi connectivity index (χ0n) is 15.9. The molecule has 0 bridgehead atoms. The third kappa shape index (κ3) is 3.31. The molecule has 0 atom stereocenters. The van der Waals surface area contributed by atoms with Crippen LogP contribution in [0.25, 0.3) is 22.3 Å². The van der Waals surface area contributed by atoms with E-state index in [0.717, 1.165) is 10.9 Å². The van der Waals surface area contributed by atoms with Gasteiger partial charge in [-0.25, -0.2) is 18.0 Å². The van der Waals surface area contributed by atoms with Gasteiger partial charge in [0.2, 0.25) is 11.8 Å². The minimum absolute atomic E-state index is 0.0363. The van der Waals surface area contributed by atoms with E-state index in [-0.39, 0.29) is 21.8 Å². The molecule has 31 heavy (non-hydrogen) atoms. The number of anilines is 1. The molecule has 3 aromatic heterocycles. The molecule has 0 fully saturated rings. The third-order valence-corrected chi connectivity index (χ3v) is 7.03. The van der Waals surface area contributed by atoms with Crippen LogP contribution in [0.2, 0.25) is 0 Å². The van der Waals surface area contributed by atoms with Gasteiger partial charge in [0.1, 0.15) is 5.69 Å². The van der Waals surface area contributed by atoms with Crippen LogP contribution in [-0.2, 0) is 10.0 Å². The minimum Gasteiger partial charge on any atom is -0.494 e. The zero-order chi connectivity index (χ0) is 21.6. The first-order chi connectivity index (χ1) is 14.9. The molecule has 0 saturated heterocycles. The van der Waals surface area contributed by atoms with E-state index in [4.69, 9.17) is 0 Å². The second-order valence-electron chi connectivity index (χ2n) is 6.73. The lowest BCUT2D eigenvalue weighted by Crippen LogP contribution is -2.12. The highest BCUT2D eigenvalue weighted by molar-refractivity contribution is 7.93. The minimum atomic E-state index is -3.80. The molecule has 3 heterocycles. The van der Waals surface area contributed by atoms with E-state index in [1.807, 2.05) is 36.5 Å². The van der Waals surface area contributed by atoms with Crippen LogP contribution in [0, 0.1) is 0 Å². The lowest BCUT2D eigenvalue weighted by molar-refractivity contribution is 0.402. The van der Waals surface area contributed by atoms with E-state index in [9.17, 15) is 18.6 Å². The average Bonchev–Trinajstić information content (AvgIpc) is 3.47. The molecular weight excluding hydrogens is 436 g/mol. The number of benzene rings is 2. The van der Waals surface area contributed by atoms with Crippen LogP contribution in [0.4, 0.5) is 5.13 Å². The van der Waals surface area contributed by atoms with Crippen molar-refractivity contribution < 1.29 is 18.6 Å². The number of hydrogen-bond acceptors (Lipinski definition) is 6. The molecule has 0 unspecified atom stereocenters. The van der Waals surface area contributed by atoms with Gasteiger partial charge in [0.25, 0.3) is 10.0 Å². The van der Waals surface area contributed by atoms with E-state index in [0.29, 0.717) is 11.4 Å². The highest BCUT2D eigenvalue weighted by atomic mass is 32.2. The molecule has 3 N–H and O–H groups in total. The Morgan fingerprint density at radius 3 is 2.52 bits per heavy atom. The fourth-order valence-corrected chi connectivity index (χ4v) is 5.21. The first kappa shape index (κ1) is 19.2. The molecule has 156 valence electrons. The number of nitrogens with zero attached hydrogens (tertiary/aromatic N) is 3. The van der Waals surface area contributed by atoms with Gasteiger partial charge in [-0.2, -0.15) is 0 Å². The Balaban J connectivity index is 1.51. The molecule has 8 nitrogen and oxygen atoms in total. The summed E-state index contributed by atoms with van der Waals surface area (Å²) in [6.45, 7) is 0. The second-order valence-corrected chi connectivity index (χ2v) is 9.30. The molecule has 0 radical (unpaired) electrons. The summed E-state index contributed by atoms with van der Waals surface area (Å²) in [7, 11) is -3.80. The highest BCUT2D eigenvalue weighted by Crippen LogP contribution is 2.36. The van der Waals surface area contributed by atoms with Gasteiger partial charge in [0, 0.05) is 23.8 Å². The third-order valence-electron chi connectivity index (χ3n) is 4.85. The Morgan fingerprint density at radius 1 is 1.00 bits per heavy atom. The molecule has 0 spiro atoms. The molecule has 0 aliphatic heterocycles. The van der Waals surface area contributed by atoms with Gasteiger partial charge in [0.15, 0.2) is 5.13 Å². The van der Waals surface area contributed by atoms with E-state index in [1.165, 1.54) is 52.4 Å². The summed E-state index contributed by atoms with van der Waals surface area (Å²) >= 11 is 1.18. The van der Waals surface area contributed by atoms with E-state index in [2.05, 4.69) is 9.71 Å². The lowest BCUT2D eigenvalue weighted by atomic mass is 10.2. The zero-order valence-corrected chi connectivity index (χ0v) is 17.5. The monoisotopic (exact) mass is 452 g/mol. The van der Waals surface area contributed by atoms with Crippen LogP contribution in [0.3, 0.4) is 0 Å². The Bertz CT molecular complexity index is 1480. The average molecular weight is 453 g/mol. The summed E-state index contributed by atoms with van der Waals surface area (Å²) in [5.41, 5.74) is 1.69. The van der Waals surface area contributed by atoms with Gasteiger partial charge in [0.05, 0.1) is 16.1 Å².